The van der Waals surface area contributed by atoms with Gasteiger partial charge in [-0.15, -0.1) is 0 Å². The Bertz CT molecular complexity index is 485. The fourth-order valence-corrected chi connectivity index (χ4v) is 1.85. The highest BCUT2D eigenvalue weighted by atomic mass is 79.9. The molecule has 2 rings (SSSR count). The highest BCUT2D eigenvalue weighted by molar-refractivity contribution is 9.10. The number of ether oxygens (including phenoxy) is 1. The van der Waals surface area contributed by atoms with Crippen LogP contribution in [0.2, 0.25) is 0 Å². The summed E-state index contributed by atoms with van der Waals surface area (Å²) in [6, 6.07) is 14.7. The first kappa shape index (κ1) is 12.1. The van der Waals surface area contributed by atoms with Crippen LogP contribution in [0.1, 0.15) is 5.56 Å². The SMILES string of the molecule is Fc1ccc(Br)cc1OCCc1ccccc1. The first-order valence-electron chi connectivity index (χ1n) is 5.37. The molecule has 0 radical (unpaired) electrons. The predicted octanol–water partition coefficient (Wildman–Crippen LogP) is 4.21. The second kappa shape index (κ2) is 5.82. The molecule has 2 aromatic carbocycles. The van der Waals surface area contributed by atoms with Crippen molar-refractivity contribution in [3.05, 3.63) is 64.4 Å². The van der Waals surface area contributed by atoms with Crippen molar-refractivity contribution in [2.45, 2.75) is 6.42 Å². The van der Waals surface area contributed by atoms with Crippen molar-refractivity contribution in [2.24, 2.45) is 0 Å². The topological polar surface area (TPSA) is 9.23 Å². The Morgan fingerprint density at radius 2 is 1.82 bits per heavy atom. The van der Waals surface area contributed by atoms with Gasteiger partial charge >= 0.3 is 0 Å². The first-order chi connectivity index (χ1) is 8.25. The molecule has 0 N–H and O–H groups in total. The molecule has 0 aromatic heterocycles. The molecule has 0 spiro atoms. The molecule has 1 nitrogen and oxygen atoms in total. The average Bonchev–Trinajstić information content (AvgIpc) is 2.35. The second-order valence-electron chi connectivity index (χ2n) is 3.66. The fraction of sp³-hybridized carbons (Fsp3) is 0.143. The molecule has 0 atom stereocenters. The van der Waals surface area contributed by atoms with Gasteiger partial charge in [0.05, 0.1) is 6.61 Å². The van der Waals surface area contributed by atoms with Crippen molar-refractivity contribution in [1.82, 2.24) is 0 Å². The fourth-order valence-electron chi connectivity index (χ4n) is 1.51. The van der Waals surface area contributed by atoms with Crippen molar-refractivity contribution >= 4 is 15.9 Å². The Morgan fingerprint density at radius 3 is 2.59 bits per heavy atom. The van der Waals surface area contributed by atoms with Gasteiger partial charge in [0.2, 0.25) is 0 Å². The largest absolute Gasteiger partial charge is 0.490 e. The zero-order valence-corrected chi connectivity index (χ0v) is 10.8. The van der Waals surface area contributed by atoms with Crippen molar-refractivity contribution in [3.63, 3.8) is 0 Å². The summed E-state index contributed by atoms with van der Waals surface area (Å²) in [5, 5.41) is 0. The van der Waals surface area contributed by atoms with Crippen molar-refractivity contribution < 1.29 is 9.13 Å². The number of benzene rings is 2. The highest BCUT2D eigenvalue weighted by Crippen LogP contribution is 2.22. The lowest BCUT2D eigenvalue weighted by Gasteiger charge is -2.07. The van der Waals surface area contributed by atoms with E-state index in [0.29, 0.717) is 6.61 Å². The molecule has 17 heavy (non-hydrogen) atoms. The average molecular weight is 295 g/mol. The third kappa shape index (κ3) is 3.56. The Labute approximate surface area is 108 Å². The number of halogens is 2. The van der Waals surface area contributed by atoms with Crippen LogP contribution in [-0.4, -0.2) is 6.61 Å². The van der Waals surface area contributed by atoms with Gasteiger partial charge in [0.15, 0.2) is 11.6 Å². The monoisotopic (exact) mass is 294 g/mol. The zero-order valence-electron chi connectivity index (χ0n) is 9.20. The zero-order chi connectivity index (χ0) is 12.1. The Balaban J connectivity index is 1.92. The lowest BCUT2D eigenvalue weighted by molar-refractivity contribution is 0.305. The minimum Gasteiger partial charge on any atom is -0.490 e. The maximum Gasteiger partial charge on any atom is 0.165 e. The van der Waals surface area contributed by atoms with Gasteiger partial charge in [-0.2, -0.15) is 0 Å². The summed E-state index contributed by atoms with van der Waals surface area (Å²) in [5.74, 6) is -0.0448. The standard InChI is InChI=1S/C14H12BrFO/c15-12-6-7-13(16)14(10-12)17-9-8-11-4-2-1-3-5-11/h1-7,10H,8-9H2. The molecular formula is C14H12BrFO. The van der Waals surface area contributed by atoms with E-state index in [1.807, 2.05) is 30.3 Å². The van der Waals surface area contributed by atoms with Crippen LogP contribution in [0.25, 0.3) is 0 Å². The van der Waals surface area contributed by atoms with Gasteiger partial charge in [0, 0.05) is 10.9 Å². The maximum absolute atomic E-state index is 13.3. The van der Waals surface area contributed by atoms with Crippen LogP contribution < -0.4 is 4.74 Å². The molecule has 0 unspecified atom stereocenters. The smallest absolute Gasteiger partial charge is 0.165 e. The molecule has 0 saturated heterocycles. The van der Waals surface area contributed by atoms with Crippen LogP contribution in [-0.2, 0) is 6.42 Å². The molecule has 0 amide bonds. The van der Waals surface area contributed by atoms with E-state index in [1.165, 1.54) is 11.6 Å². The van der Waals surface area contributed by atoms with Gasteiger partial charge < -0.3 is 4.74 Å². The van der Waals surface area contributed by atoms with Crippen LogP contribution in [0.15, 0.2) is 53.0 Å². The Hall–Kier alpha value is -1.35. The predicted molar refractivity (Wildman–Crippen MR) is 69.7 cm³/mol. The van der Waals surface area contributed by atoms with E-state index < -0.39 is 0 Å². The van der Waals surface area contributed by atoms with Gasteiger partial charge in [-0.05, 0) is 23.8 Å². The molecule has 0 aliphatic rings. The molecule has 2 aromatic rings. The van der Waals surface area contributed by atoms with Crippen LogP contribution in [0.4, 0.5) is 4.39 Å². The van der Waals surface area contributed by atoms with Gasteiger partial charge in [-0.1, -0.05) is 46.3 Å². The van der Waals surface area contributed by atoms with Crippen molar-refractivity contribution in [1.29, 1.82) is 0 Å². The quantitative estimate of drug-likeness (QED) is 0.821. The summed E-state index contributed by atoms with van der Waals surface area (Å²) in [7, 11) is 0. The van der Waals surface area contributed by atoms with Crippen molar-refractivity contribution in [2.75, 3.05) is 6.61 Å². The van der Waals surface area contributed by atoms with Crippen LogP contribution in [0.5, 0.6) is 5.75 Å². The van der Waals surface area contributed by atoms with E-state index in [-0.39, 0.29) is 11.6 Å². The molecule has 88 valence electrons. The van der Waals surface area contributed by atoms with Gasteiger partial charge in [-0.25, -0.2) is 4.39 Å². The van der Waals surface area contributed by atoms with E-state index in [9.17, 15) is 4.39 Å². The minimum absolute atomic E-state index is 0.287. The molecule has 0 heterocycles. The third-order valence-corrected chi connectivity index (χ3v) is 2.88. The molecule has 0 bridgehead atoms. The number of hydrogen-bond acceptors (Lipinski definition) is 1. The first-order valence-corrected chi connectivity index (χ1v) is 6.17. The second-order valence-corrected chi connectivity index (χ2v) is 4.57. The Morgan fingerprint density at radius 1 is 1.06 bits per heavy atom. The molecule has 0 fully saturated rings. The molecule has 3 heteroatoms. The maximum atomic E-state index is 13.3. The van der Waals surface area contributed by atoms with Gasteiger partial charge in [0.1, 0.15) is 0 Å². The van der Waals surface area contributed by atoms with E-state index >= 15 is 0 Å². The van der Waals surface area contributed by atoms with Crippen LogP contribution in [0, 0.1) is 5.82 Å². The third-order valence-electron chi connectivity index (χ3n) is 2.38. The molecular weight excluding hydrogens is 283 g/mol. The van der Waals surface area contributed by atoms with E-state index in [2.05, 4.69) is 15.9 Å². The summed E-state index contributed by atoms with van der Waals surface area (Å²) in [6.45, 7) is 0.470. The van der Waals surface area contributed by atoms with Gasteiger partial charge in [-0.3, -0.25) is 0 Å². The van der Waals surface area contributed by atoms with Gasteiger partial charge in [0.25, 0.3) is 0 Å². The van der Waals surface area contributed by atoms with E-state index in [4.69, 9.17) is 4.74 Å². The minimum atomic E-state index is -0.332. The summed E-state index contributed by atoms with van der Waals surface area (Å²) in [5.41, 5.74) is 1.18. The lowest BCUT2D eigenvalue weighted by atomic mass is 10.2. The van der Waals surface area contributed by atoms with E-state index in [0.717, 1.165) is 10.9 Å². The summed E-state index contributed by atoms with van der Waals surface area (Å²) in [4.78, 5) is 0. The summed E-state index contributed by atoms with van der Waals surface area (Å²) in [6.07, 6.45) is 0.771. The normalized spacial score (nSPS) is 10.2. The lowest BCUT2D eigenvalue weighted by Crippen LogP contribution is -2.02. The summed E-state index contributed by atoms with van der Waals surface area (Å²) >= 11 is 3.29. The number of rotatable bonds is 4. The molecule has 0 aliphatic carbocycles. The summed E-state index contributed by atoms with van der Waals surface area (Å²) < 4.78 is 19.6. The van der Waals surface area contributed by atoms with Crippen LogP contribution in [0.3, 0.4) is 0 Å². The van der Waals surface area contributed by atoms with Crippen LogP contribution >= 0.6 is 15.9 Å². The molecule has 0 aliphatic heterocycles. The molecule has 0 saturated carbocycles. The number of hydrogen-bond donors (Lipinski definition) is 0. The Kier molecular flexibility index (Phi) is 4.15. The van der Waals surface area contributed by atoms with E-state index in [1.54, 1.807) is 12.1 Å². The highest BCUT2D eigenvalue weighted by Gasteiger charge is 2.03. The van der Waals surface area contributed by atoms with Crippen molar-refractivity contribution in [3.8, 4) is 5.75 Å².